The topological polar surface area (TPSA) is 173 Å². The predicted molar refractivity (Wildman–Crippen MR) is 339 cm³/mol. The number of carboxylic acids is 1. The Kier molecular flexibility index (Phi) is 28.5. The second-order valence-electron chi connectivity index (χ2n) is 21.9. The number of carboxylic acid groups (broad SMARTS) is 1. The summed E-state index contributed by atoms with van der Waals surface area (Å²) in [6.45, 7) is 11.0. The molecule has 11 nitrogen and oxygen atoms in total. The zero-order chi connectivity index (χ0) is 60.8. The number of morpholine rings is 1. The van der Waals surface area contributed by atoms with Crippen LogP contribution >= 0.6 is 0 Å². The average molecular weight is 1210 g/mol. The van der Waals surface area contributed by atoms with Crippen molar-refractivity contribution in [3.63, 3.8) is 0 Å². The van der Waals surface area contributed by atoms with E-state index in [1.165, 1.54) is 98.6 Å². The molecule has 452 valence electrons. The number of rotatable bonds is 22. The summed E-state index contributed by atoms with van der Waals surface area (Å²) in [7, 11) is -4.36. The first kappa shape index (κ1) is 67.6. The van der Waals surface area contributed by atoms with Gasteiger partial charge in [0.05, 0.1) is 56.4 Å². The predicted octanol–water partition coefficient (Wildman–Crippen LogP) is 14.7. The molecule has 3 aliphatic rings. The molecule has 10 rings (SSSR count). The van der Waals surface area contributed by atoms with E-state index >= 15 is 0 Å². The Labute approximate surface area is 511 Å². The van der Waals surface area contributed by atoms with Crippen LogP contribution in [0.25, 0.3) is 0 Å². The number of ether oxygens (including phenoxy) is 2. The minimum Gasteiger partial charge on any atom is -0.872 e. The molecule has 0 amide bonds. The molecular formula is C71H85NO10S3. The minimum atomic E-state index is -4.33. The summed E-state index contributed by atoms with van der Waals surface area (Å²) >= 11 is 0. The van der Waals surface area contributed by atoms with E-state index in [9.17, 15) is 32.5 Å². The smallest absolute Gasteiger partial charge is 0.335 e. The third kappa shape index (κ3) is 21.7. The molecule has 14 heteroatoms. The lowest BCUT2D eigenvalue weighted by molar-refractivity contribution is -0.268. The Balaban J connectivity index is 0.000000173. The maximum absolute atomic E-state index is 11.8. The lowest BCUT2D eigenvalue weighted by atomic mass is 9.70. The van der Waals surface area contributed by atoms with E-state index in [1.807, 2.05) is 13.8 Å². The SMILES string of the molecule is CC1(C)C2CCC1(CS(=O)(=O)[O-])C(=O)C2.CCCCCCCCCCCC(=O)OCCN1CCOCC1.O=C(O)c1ccccc1[O-].c1ccc([S+](c2ccccc2)c2ccccc2)cc1.c1ccc([S+](c2ccccc2)c2ccccc2)cc1. The summed E-state index contributed by atoms with van der Waals surface area (Å²) < 4.78 is 43.3. The molecule has 7 aromatic rings. The lowest BCUT2D eigenvalue weighted by Gasteiger charge is -2.37. The third-order valence-electron chi connectivity index (χ3n) is 15.8. The van der Waals surface area contributed by atoms with Gasteiger partial charge in [-0.3, -0.25) is 14.5 Å². The lowest BCUT2D eigenvalue weighted by Crippen LogP contribution is -2.42. The molecule has 7 aromatic carbocycles. The first-order valence-electron chi connectivity index (χ1n) is 29.8. The molecule has 2 atom stereocenters. The Morgan fingerprint density at radius 3 is 1.31 bits per heavy atom. The van der Waals surface area contributed by atoms with Gasteiger partial charge in [0.25, 0.3) is 0 Å². The number of carbonyl (C=O) groups is 3. The second kappa shape index (κ2) is 35.8. The maximum atomic E-state index is 11.8. The van der Waals surface area contributed by atoms with Crippen LogP contribution in [-0.2, 0) is 51.0 Å². The van der Waals surface area contributed by atoms with Gasteiger partial charge in [-0.25, -0.2) is 13.2 Å². The van der Waals surface area contributed by atoms with E-state index in [0.29, 0.717) is 25.9 Å². The van der Waals surface area contributed by atoms with Crippen LogP contribution in [-0.4, -0.2) is 85.9 Å². The van der Waals surface area contributed by atoms with Crippen LogP contribution in [0.5, 0.6) is 5.75 Å². The van der Waals surface area contributed by atoms with Crippen LogP contribution in [0.1, 0.15) is 115 Å². The molecule has 2 bridgehead atoms. The molecule has 1 aliphatic heterocycles. The summed E-state index contributed by atoms with van der Waals surface area (Å²) in [6.07, 6.45) is 14.0. The standard InChI is InChI=1S/C18H35NO3.2C18H15S.C10H16O4S.C7H6O3/c1-2-3-4-5-6-7-8-9-10-11-18(20)22-17-14-19-12-15-21-16-13-19;2*1-4-10-16(11-5-1)19(17-12-6-2-7-13-17)18-14-8-3-9-15-18;1-9(2)7-3-4-10(9,8(11)5-7)6-15(12,13)14;8-6-4-2-1-3-5(6)7(9)10/h2-17H2,1H3;2*1-15H;7H,3-6H2,1-2H3,(H,12,13,14);1-4,8H,(H,9,10)/q;2*+1;;/p-2. The van der Waals surface area contributed by atoms with Gasteiger partial charge in [-0.2, -0.15) is 0 Å². The second-order valence-corrected chi connectivity index (χ2v) is 27.4. The van der Waals surface area contributed by atoms with Crippen LogP contribution in [0, 0.1) is 16.7 Å². The fourth-order valence-electron chi connectivity index (χ4n) is 11.0. The zero-order valence-electron chi connectivity index (χ0n) is 49.6. The quantitative estimate of drug-likeness (QED) is 0.0296. The van der Waals surface area contributed by atoms with E-state index in [2.05, 4.69) is 194 Å². The molecule has 0 radical (unpaired) electrons. The molecular weight excluding hydrogens is 1120 g/mol. The normalized spacial score (nSPS) is 16.7. The fraction of sp³-hybridized carbons (Fsp3) is 0.366. The molecule has 1 saturated heterocycles. The third-order valence-corrected chi connectivity index (χ3v) is 21.1. The number of hydrogen-bond donors (Lipinski definition) is 1. The van der Waals surface area contributed by atoms with E-state index in [4.69, 9.17) is 14.6 Å². The molecule has 0 spiro atoms. The van der Waals surface area contributed by atoms with Crippen molar-refractivity contribution in [1.82, 2.24) is 4.90 Å². The summed E-state index contributed by atoms with van der Waals surface area (Å²) in [5.74, 6) is -1.94. The Hall–Kier alpha value is -6.52. The van der Waals surface area contributed by atoms with Crippen molar-refractivity contribution in [3.8, 4) is 5.75 Å². The Bertz CT molecular complexity index is 2830. The van der Waals surface area contributed by atoms with Crippen LogP contribution in [0.3, 0.4) is 0 Å². The van der Waals surface area contributed by atoms with Crippen LogP contribution in [0.4, 0.5) is 0 Å². The number of aromatic carboxylic acids is 1. The first-order chi connectivity index (χ1) is 41.1. The highest BCUT2D eigenvalue weighted by Gasteiger charge is 2.64. The summed E-state index contributed by atoms with van der Waals surface area (Å²) in [5.41, 5.74) is -1.40. The molecule has 2 aliphatic carbocycles. The van der Waals surface area contributed by atoms with Gasteiger partial charge < -0.3 is 24.2 Å². The summed E-state index contributed by atoms with van der Waals surface area (Å²) in [4.78, 5) is 44.1. The highest BCUT2D eigenvalue weighted by atomic mass is 32.2. The molecule has 0 aromatic heterocycles. The highest BCUT2D eigenvalue weighted by Crippen LogP contribution is 2.64. The van der Waals surface area contributed by atoms with Crippen LogP contribution in [0.15, 0.2) is 236 Å². The average Bonchev–Trinajstić information content (AvgIpc) is 2.31. The molecule has 1 heterocycles. The van der Waals surface area contributed by atoms with Crippen molar-refractivity contribution < 1.29 is 47.0 Å². The van der Waals surface area contributed by atoms with Crippen molar-refractivity contribution in [2.45, 2.75) is 134 Å². The van der Waals surface area contributed by atoms with Gasteiger partial charge in [0.2, 0.25) is 0 Å². The molecule has 2 saturated carbocycles. The molecule has 2 unspecified atom stereocenters. The number of benzene rings is 7. The van der Waals surface area contributed by atoms with Crippen molar-refractivity contribution in [3.05, 3.63) is 212 Å². The number of esters is 1. The van der Waals surface area contributed by atoms with Gasteiger partial charge in [0, 0.05) is 37.9 Å². The number of fused-ring (bicyclic) bond motifs is 2. The van der Waals surface area contributed by atoms with Crippen molar-refractivity contribution >= 4 is 49.6 Å². The first-order valence-corrected chi connectivity index (χ1v) is 33.9. The zero-order valence-corrected chi connectivity index (χ0v) is 52.1. The van der Waals surface area contributed by atoms with E-state index in [0.717, 1.165) is 52.1 Å². The van der Waals surface area contributed by atoms with Gasteiger partial charge >= 0.3 is 11.9 Å². The molecule has 1 N–H and O–H groups in total. The molecule has 3 fully saturated rings. The van der Waals surface area contributed by atoms with E-state index in [1.54, 1.807) is 0 Å². The van der Waals surface area contributed by atoms with Crippen molar-refractivity contribution in [2.75, 3.05) is 45.2 Å². The monoisotopic (exact) mass is 1210 g/mol. The fourth-order valence-corrected chi connectivity index (χ4v) is 16.5. The number of para-hydroxylation sites is 1. The van der Waals surface area contributed by atoms with E-state index in [-0.39, 0.29) is 50.4 Å². The maximum Gasteiger partial charge on any atom is 0.335 e. The largest absolute Gasteiger partial charge is 0.872 e. The Morgan fingerprint density at radius 1 is 0.600 bits per heavy atom. The Morgan fingerprint density at radius 2 is 0.976 bits per heavy atom. The minimum absolute atomic E-state index is 0.0146. The number of Topliss-reactive ketones (excluding diaryl/α,β-unsaturated/α-hetero) is 1. The van der Waals surface area contributed by atoms with Gasteiger partial charge in [-0.05, 0) is 109 Å². The molecule has 85 heavy (non-hydrogen) atoms. The van der Waals surface area contributed by atoms with Crippen LogP contribution in [0.2, 0.25) is 0 Å². The van der Waals surface area contributed by atoms with Crippen molar-refractivity contribution in [1.29, 1.82) is 0 Å². The van der Waals surface area contributed by atoms with Gasteiger partial charge in [-0.15, -0.1) is 0 Å². The summed E-state index contributed by atoms with van der Waals surface area (Å²) in [5, 5.41) is 19.0. The van der Waals surface area contributed by atoms with Gasteiger partial charge in [0.15, 0.2) is 29.4 Å². The summed E-state index contributed by atoms with van der Waals surface area (Å²) in [6, 6.07) is 69.8. The van der Waals surface area contributed by atoms with Gasteiger partial charge in [0.1, 0.15) is 12.4 Å². The van der Waals surface area contributed by atoms with Gasteiger partial charge in [-0.1, -0.05) is 205 Å². The number of carbonyl (C=O) groups excluding carboxylic acids is 2. The van der Waals surface area contributed by atoms with Crippen molar-refractivity contribution in [2.24, 2.45) is 16.7 Å². The highest BCUT2D eigenvalue weighted by molar-refractivity contribution is 7.97. The number of ketones is 1. The number of hydrogen-bond acceptors (Lipinski definition) is 10. The van der Waals surface area contributed by atoms with Crippen LogP contribution < -0.4 is 5.11 Å². The van der Waals surface area contributed by atoms with E-state index < -0.39 is 33.0 Å². The number of unbranched alkanes of at least 4 members (excludes halogenated alkanes) is 8. The number of nitrogens with zero attached hydrogens (tertiary/aromatic N) is 1.